The minimum Gasteiger partial charge on any atom is -0.396 e. The van der Waals surface area contributed by atoms with Gasteiger partial charge in [-0.25, -0.2) is 13.1 Å². The molecule has 0 saturated carbocycles. The van der Waals surface area contributed by atoms with Crippen molar-refractivity contribution in [3.8, 4) is 0 Å². The predicted octanol–water partition coefficient (Wildman–Crippen LogP) is 1.73. The van der Waals surface area contributed by atoms with Crippen LogP contribution < -0.4 is 4.72 Å². The van der Waals surface area contributed by atoms with E-state index in [9.17, 15) is 8.42 Å². The maximum atomic E-state index is 12.1. The molecule has 1 rings (SSSR count). The minimum absolute atomic E-state index is 0.0298. The summed E-state index contributed by atoms with van der Waals surface area (Å²) in [5, 5.41) is 9.03. The molecule has 0 aromatic heterocycles. The van der Waals surface area contributed by atoms with Crippen molar-refractivity contribution in [2.24, 2.45) is 5.92 Å². The van der Waals surface area contributed by atoms with E-state index in [2.05, 4.69) is 4.72 Å². The van der Waals surface area contributed by atoms with E-state index in [1.54, 1.807) is 6.92 Å². The van der Waals surface area contributed by atoms with E-state index in [0.717, 1.165) is 5.56 Å². The van der Waals surface area contributed by atoms with Gasteiger partial charge >= 0.3 is 0 Å². The molecule has 0 amide bonds. The number of nitrogens with one attached hydrogen (secondary N) is 1. The van der Waals surface area contributed by atoms with Crippen molar-refractivity contribution in [3.63, 3.8) is 0 Å². The molecule has 0 aliphatic carbocycles. The molecule has 0 radical (unpaired) electrons. The SMILES string of the molecule is CC(CS(=O)(=O)NC(C)C(C)CO)c1ccccc1. The smallest absolute Gasteiger partial charge is 0.212 e. The topological polar surface area (TPSA) is 66.4 Å². The van der Waals surface area contributed by atoms with Crippen molar-refractivity contribution in [3.05, 3.63) is 35.9 Å². The van der Waals surface area contributed by atoms with Crippen molar-refractivity contribution in [1.82, 2.24) is 4.72 Å². The van der Waals surface area contributed by atoms with E-state index >= 15 is 0 Å². The maximum absolute atomic E-state index is 12.1. The third-order valence-electron chi connectivity index (χ3n) is 3.35. The summed E-state index contributed by atoms with van der Waals surface area (Å²) in [5.41, 5.74) is 1.01. The fraction of sp³-hybridized carbons (Fsp3) is 0.571. The highest BCUT2D eigenvalue weighted by Gasteiger charge is 2.21. The van der Waals surface area contributed by atoms with Crippen molar-refractivity contribution < 1.29 is 13.5 Å². The van der Waals surface area contributed by atoms with E-state index in [1.165, 1.54) is 0 Å². The summed E-state index contributed by atoms with van der Waals surface area (Å²) in [7, 11) is -3.34. The Hall–Kier alpha value is -0.910. The Morgan fingerprint density at radius 2 is 1.74 bits per heavy atom. The van der Waals surface area contributed by atoms with Crippen LogP contribution in [0, 0.1) is 5.92 Å². The molecule has 19 heavy (non-hydrogen) atoms. The van der Waals surface area contributed by atoms with Crippen LogP contribution in [0.2, 0.25) is 0 Å². The van der Waals surface area contributed by atoms with Crippen molar-refractivity contribution >= 4 is 10.0 Å². The molecule has 0 aliphatic rings. The molecule has 1 aromatic carbocycles. The molecule has 4 nitrogen and oxygen atoms in total. The lowest BCUT2D eigenvalue weighted by Gasteiger charge is -2.20. The Morgan fingerprint density at radius 3 is 2.26 bits per heavy atom. The zero-order valence-electron chi connectivity index (χ0n) is 11.7. The molecule has 0 bridgehead atoms. The zero-order chi connectivity index (χ0) is 14.5. The minimum atomic E-state index is -3.34. The number of aliphatic hydroxyl groups excluding tert-OH is 1. The standard InChI is InChI=1S/C14H23NO3S/c1-11(9-16)13(3)15-19(17,18)10-12(2)14-7-5-4-6-8-14/h4-8,11-13,15-16H,9-10H2,1-3H3. The van der Waals surface area contributed by atoms with Crippen LogP contribution in [0.1, 0.15) is 32.3 Å². The highest BCUT2D eigenvalue weighted by molar-refractivity contribution is 7.89. The Bertz CT molecular complexity index is 473. The lowest BCUT2D eigenvalue weighted by molar-refractivity contribution is 0.216. The van der Waals surface area contributed by atoms with E-state index in [1.807, 2.05) is 44.2 Å². The van der Waals surface area contributed by atoms with Gasteiger partial charge in [-0.05, 0) is 24.3 Å². The first kappa shape index (κ1) is 16.1. The van der Waals surface area contributed by atoms with Crippen LogP contribution in [0.25, 0.3) is 0 Å². The van der Waals surface area contributed by atoms with E-state index < -0.39 is 10.0 Å². The first-order chi connectivity index (χ1) is 8.85. The van der Waals surface area contributed by atoms with Gasteiger partial charge in [-0.15, -0.1) is 0 Å². The predicted molar refractivity (Wildman–Crippen MR) is 77.5 cm³/mol. The molecular formula is C14H23NO3S. The summed E-state index contributed by atoms with van der Waals surface area (Å²) in [6.45, 7) is 5.45. The molecule has 2 N–H and O–H groups in total. The van der Waals surface area contributed by atoms with Gasteiger partial charge in [0.2, 0.25) is 10.0 Å². The molecule has 108 valence electrons. The number of rotatable bonds is 7. The van der Waals surface area contributed by atoms with Crippen LogP contribution in [0.4, 0.5) is 0 Å². The lowest BCUT2D eigenvalue weighted by Crippen LogP contribution is -2.40. The molecule has 3 unspecified atom stereocenters. The molecule has 5 heteroatoms. The Balaban J connectivity index is 2.65. The van der Waals surface area contributed by atoms with E-state index in [0.29, 0.717) is 0 Å². The van der Waals surface area contributed by atoms with Gasteiger partial charge in [0.15, 0.2) is 0 Å². The van der Waals surface area contributed by atoms with Gasteiger partial charge in [-0.2, -0.15) is 0 Å². The number of hydrogen-bond acceptors (Lipinski definition) is 3. The number of benzene rings is 1. The van der Waals surface area contributed by atoms with Gasteiger partial charge in [0.25, 0.3) is 0 Å². The average Bonchev–Trinajstić information content (AvgIpc) is 2.37. The summed E-state index contributed by atoms with van der Waals surface area (Å²) in [4.78, 5) is 0. The van der Waals surface area contributed by atoms with Crippen LogP contribution in [0.5, 0.6) is 0 Å². The van der Waals surface area contributed by atoms with Gasteiger partial charge < -0.3 is 5.11 Å². The summed E-state index contributed by atoms with van der Waals surface area (Å²) >= 11 is 0. The largest absolute Gasteiger partial charge is 0.396 e. The average molecular weight is 285 g/mol. The highest BCUT2D eigenvalue weighted by Crippen LogP contribution is 2.16. The fourth-order valence-corrected chi connectivity index (χ4v) is 3.56. The third kappa shape index (κ3) is 5.30. The summed E-state index contributed by atoms with van der Waals surface area (Å²) < 4.78 is 26.7. The molecule has 0 heterocycles. The molecule has 3 atom stereocenters. The first-order valence-corrected chi connectivity index (χ1v) is 8.16. The normalized spacial score (nSPS) is 16.8. The summed E-state index contributed by atoms with van der Waals surface area (Å²) in [6.07, 6.45) is 0. The van der Waals surface area contributed by atoms with E-state index in [4.69, 9.17) is 5.11 Å². The molecular weight excluding hydrogens is 262 g/mol. The van der Waals surface area contributed by atoms with Crippen LogP contribution in [-0.4, -0.2) is 31.9 Å². The maximum Gasteiger partial charge on any atom is 0.212 e. The monoisotopic (exact) mass is 285 g/mol. The van der Waals surface area contributed by atoms with E-state index in [-0.39, 0.29) is 30.2 Å². The summed E-state index contributed by atoms with van der Waals surface area (Å²) in [5.74, 6) is -0.100. The van der Waals surface area contributed by atoms with Crippen LogP contribution >= 0.6 is 0 Å². The Morgan fingerprint density at radius 1 is 1.16 bits per heavy atom. The van der Waals surface area contributed by atoms with Gasteiger partial charge in [0.05, 0.1) is 5.75 Å². The van der Waals surface area contributed by atoms with Gasteiger partial charge in [0.1, 0.15) is 0 Å². The van der Waals surface area contributed by atoms with Crippen LogP contribution in [-0.2, 0) is 10.0 Å². The Kier molecular flexibility index (Phi) is 5.97. The second kappa shape index (κ2) is 7.03. The first-order valence-electron chi connectivity index (χ1n) is 6.51. The number of hydrogen-bond donors (Lipinski definition) is 2. The number of aliphatic hydroxyl groups is 1. The second-order valence-corrected chi connectivity index (χ2v) is 6.96. The number of sulfonamides is 1. The molecule has 0 spiro atoms. The van der Waals surface area contributed by atoms with Crippen molar-refractivity contribution in [1.29, 1.82) is 0 Å². The van der Waals surface area contributed by atoms with Crippen molar-refractivity contribution in [2.45, 2.75) is 32.7 Å². The molecule has 0 aliphatic heterocycles. The van der Waals surface area contributed by atoms with Crippen molar-refractivity contribution in [2.75, 3.05) is 12.4 Å². The summed E-state index contributed by atoms with van der Waals surface area (Å²) in [6, 6.07) is 9.32. The Labute approximate surface area is 115 Å². The van der Waals surface area contributed by atoms with Crippen LogP contribution in [0.3, 0.4) is 0 Å². The van der Waals surface area contributed by atoms with Gasteiger partial charge in [-0.3, -0.25) is 0 Å². The zero-order valence-corrected chi connectivity index (χ0v) is 12.5. The van der Waals surface area contributed by atoms with Gasteiger partial charge in [-0.1, -0.05) is 44.2 Å². The molecule has 0 saturated heterocycles. The van der Waals surface area contributed by atoms with Gasteiger partial charge in [0, 0.05) is 12.6 Å². The lowest BCUT2D eigenvalue weighted by atomic mass is 10.0. The third-order valence-corrected chi connectivity index (χ3v) is 5.01. The fourth-order valence-electron chi connectivity index (χ4n) is 1.81. The quantitative estimate of drug-likeness (QED) is 0.801. The molecule has 1 aromatic rings. The van der Waals surface area contributed by atoms with Crippen LogP contribution in [0.15, 0.2) is 30.3 Å². The highest BCUT2D eigenvalue weighted by atomic mass is 32.2. The molecule has 0 fully saturated rings. The second-order valence-electron chi connectivity index (χ2n) is 5.16.